The lowest BCUT2D eigenvalue weighted by Gasteiger charge is -2.21. The summed E-state index contributed by atoms with van der Waals surface area (Å²) in [4.78, 5) is 16.7. The van der Waals surface area contributed by atoms with Crippen molar-refractivity contribution < 1.29 is 9.90 Å². The molecule has 0 saturated heterocycles. The maximum atomic E-state index is 10.8. The van der Waals surface area contributed by atoms with Gasteiger partial charge < -0.3 is 9.67 Å². The summed E-state index contributed by atoms with van der Waals surface area (Å²) in [6, 6.07) is -0.482. The highest BCUT2D eigenvalue weighted by atomic mass is 16.4. The van der Waals surface area contributed by atoms with Gasteiger partial charge in [-0.3, -0.25) is 9.69 Å². The quantitative estimate of drug-likeness (QED) is 0.790. The molecule has 0 aromatic carbocycles. The Morgan fingerprint density at radius 1 is 1.69 bits per heavy atom. The SMILES string of the molecule is CCCn1cncc1CN(C)C(C)C(=O)O. The van der Waals surface area contributed by atoms with Crippen molar-refractivity contribution in [3.05, 3.63) is 18.2 Å². The Bertz CT molecular complexity index is 349. The second-order valence-electron chi connectivity index (χ2n) is 4.01. The highest BCUT2D eigenvalue weighted by molar-refractivity contribution is 5.72. The van der Waals surface area contributed by atoms with E-state index in [1.807, 2.05) is 7.05 Å². The van der Waals surface area contributed by atoms with Gasteiger partial charge in [0, 0.05) is 19.3 Å². The fourth-order valence-electron chi connectivity index (χ4n) is 1.50. The second kappa shape index (κ2) is 5.65. The van der Waals surface area contributed by atoms with Crippen LogP contribution in [0.25, 0.3) is 0 Å². The van der Waals surface area contributed by atoms with Crippen LogP contribution in [0.1, 0.15) is 26.0 Å². The molecule has 0 aliphatic carbocycles. The maximum Gasteiger partial charge on any atom is 0.320 e. The number of aromatic nitrogens is 2. The molecule has 1 unspecified atom stereocenters. The fourth-order valence-corrected chi connectivity index (χ4v) is 1.50. The third-order valence-corrected chi connectivity index (χ3v) is 2.69. The third kappa shape index (κ3) is 3.06. The molecule has 0 saturated carbocycles. The van der Waals surface area contributed by atoms with Crippen molar-refractivity contribution in [3.63, 3.8) is 0 Å². The Morgan fingerprint density at radius 2 is 2.38 bits per heavy atom. The molecule has 0 amide bonds. The molecule has 16 heavy (non-hydrogen) atoms. The van der Waals surface area contributed by atoms with E-state index in [9.17, 15) is 4.79 Å². The molecule has 90 valence electrons. The van der Waals surface area contributed by atoms with Gasteiger partial charge in [-0.05, 0) is 20.4 Å². The molecule has 1 heterocycles. The number of rotatable bonds is 6. The van der Waals surface area contributed by atoms with E-state index >= 15 is 0 Å². The van der Waals surface area contributed by atoms with Crippen LogP contribution in [0.4, 0.5) is 0 Å². The molecule has 5 nitrogen and oxygen atoms in total. The van der Waals surface area contributed by atoms with Crippen LogP contribution >= 0.6 is 0 Å². The lowest BCUT2D eigenvalue weighted by molar-refractivity contribution is -0.142. The van der Waals surface area contributed by atoms with E-state index in [2.05, 4.69) is 16.5 Å². The molecule has 0 spiro atoms. The molecule has 1 rings (SSSR count). The maximum absolute atomic E-state index is 10.8. The van der Waals surface area contributed by atoms with E-state index in [0.717, 1.165) is 18.7 Å². The number of imidazole rings is 1. The van der Waals surface area contributed by atoms with E-state index in [0.29, 0.717) is 6.54 Å². The summed E-state index contributed by atoms with van der Waals surface area (Å²) in [5.74, 6) is -0.802. The Hall–Kier alpha value is -1.36. The van der Waals surface area contributed by atoms with Gasteiger partial charge in [0.2, 0.25) is 0 Å². The number of aryl methyl sites for hydroxylation is 1. The monoisotopic (exact) mass is 225 g/mol. The lowest BCUT2D eigenvalue weighted by Crippen LogP contribution is -2.35. The minimum absolute atomic E-state index is 0.482. The molecule has 0 fully saturated rings. The average molecular weight is 225 g/mol. The molecular formula is C11H19N3O2. The van der Waals surface area contributed by atoms with Crippen molar-refractivity contribution in [2.24, 2.45) is 0 Å². The number of carboxylic acid groups (broad SMARTS) is 1. The number of hydrogen-bond acceptors (Lipinski definition) is 3. The highest BCUT2D eigenvalue weighted by Gasteiger charge is 2.17. The topological polar surface area (TPSA) is 58.4 Å². The number of carbonyl (C=O) groups is 1. The van der Waals surface area contributed by atoms with E-state index in [-0.39, 0.29) is 0 Å². The van der Waals surface area contributed by atoms with E-state index < -0.39 is 12.0 Å². The molecule has 1 aromatic heterocycles. The Morgan fingerprint density at radius 3 is 2.94 bits per heavy atom. The zero-order valence-corrected chi connectivity index (χ0v) is 10.1. The lowest BCUT2D eigenvalue weighted by atomic mass is 10.3. The Labute approximate surface area is 95.7 Å². The number of likely N-dealkylation sites (N-methyl/N-ethyl adjacent to an activating group) is 1. The molecule has 5 heteroatoms. The van der Waals surface area contributed by atoms with E-state index in [1.54, 1.807) is 24.3 Å². The number of carboxylic acids is 1. The summed E-state index contributed by atoms with van der Waals surface area (Å²) >= 11 is 0. The average Bonchev–Trinajstić information content (AvgIpc) is 2.65. The molecule has 1 N–H and O–H groups in total. The van der Waals surface area contributed by atoms with Gasteiger partial charge in [0.05, 0.1) is 12.0 Å². The van der Waals surface area contributed by atoms with Crippen molar-refractivity contribution in [2.75, 3.05) is 7.05 Å². The summed E-state index contributed by atoms with van der Waals surface area (Å²) in [5.41, 5.74) is 1.05. The molecule has 1 aromatic rings. The summed E-state index contributed by atoms with van der Waals surface area (Å²) in [7, 11) is 1.81. The molecular weight excluding hydrogens is 206 g/mol. The zero-order valence-electron chi connectivity index (χ0n) is 10.1. The van der Waals surface area contributed by atoms with Gasteiger partial charge in [-0.1, -0.05) is 6.92 Å². The minimum atomic E-state index is -0.802. The van der Waals surface area contributed by atoms with Gasteiger partial charge in [0.25, 0.3) is 0 Å². The predicted octanol–water partition coefficient (Wildman–Crippen LogP) is 1.20. The fraction of sp³-hybridized carbons (Fsp3) is 0.636. The first kappa shape index (κ1) is 12.7. The first-order valence-corrected chi connectivity index (χ1v) is 5.48. The summed E-state index contributed by atoms with van der Waals surface area (Å²) < 4.78 is 2.06. The van der Waals surface area contributed by atoms with E-state index in [4.69, 9.17) is 5.11 Å². The Balaban J connectivity index is 2.65. The number of aliphatic carboxylic acids is 1. The van der Waals surface area contributed by atoms with Gasteiger partial charge in [-0.2, -0.15) is 0 Å². The molecule has 0 aliphatic heterocycles. The summed E-state index contributed by atoms with van der Waals surface area (Å²) in [6.07, 6.45) is 4.63. The Kier molecular flexibility index (Phi) is 4.49. The molecule has 0 radical (unpaired) electrons. The van der Waals surface area contributed by atoms with Gasteiger partial charge in [0.15, 0.2) is 0 Å². The van der Waals surface area contributed by atoms with Crippen LogP contribution in [-0.2, 0) is 17.9 Å². The first-order valence-electron chi connectivity index (χ1n) is 5.48. The first-order chi connectivity index (χ1) is 7.56. The van der Waals surface area contributed by atoms with Gasteiger partial charge in [0.1, 0.15) is 6.04 Å². The highest BCUT2D eigenvalue weighted by Crippen LogP contribution is 2.07. The number of nitrogens with zero attached hydrogens (tertiary/aromatic N) is 3. The normalized spacial score (nSPS) is 13.0. The largest absolute Gasteiger partial charge is 0.480 e. The van der Waals surface area contributed by atoms with Crippen LogP contribution in [-0.4, -0.2) is 38.6 Å². The van der Waals surface area contributed by atoms with Crippen LogP contribution in [0.15, 0.2) is 12.5 Å². The zero-order chi connectivity index (χ0) is 12.1. The molecule has 1 atom stereocenters. The van der Waals surface area contributed by atoms with Crippen LogP contribution in [0.2, 0.25) is 0 Å². The summed E-state index contributed by atoms with van der Waals surface area (Å²) in [5, 5.41) is 8.89. The van der Waals surface area contributed by atoms with Crippen LogP contribution in [0, 0.1) is 0 Å². The number of hydrogen-bond donors (Lipinski definition) is 1. The van der Waals surface area contributed by atoms with Gasteiger partial charge in [-0.15, -0.1) is 0 Å². The van der Waals surface area contributed by atoms with Crippen LogP contribution in [0.5, 0.6) is 0 Å². The third-order valence-electron chi connectivity index (χ3n) is 2.69. The summed E-state index contributed by atoms with van der Waals surface area (Å²) in [6.45, 7) is 5.31. The van der Waals surface area contributed by atoms with E-state index in [1.165, 1.54) is 0 Å². The van der Waals surface area contributed by atoms with Crippen molar-refractivity contribution in [3.8, 4) is 0 Å². The van der Waals surface area contributed by atoms with Crippen molar-refractivity contribution in [2.45, 2.75) is 39.4 Å². The molecule has 0 bridgehead atoms. The standard InChI is InChI=1S/C11H19N3O2/c1-4-5-14-8-12-6-10(14)7-13(3)9(2)11(15)16/h6,8-9H,4-5,7H2,1-3H3,(H,15,16). The minimum Gasteiger partial charge on any atom is -0.480 e. The predicted molar refractivity (Wildman–Crippen MR) is 61.1 cm³/mol. The second-order valence-corrected chi connectivity index (χ2v) is 4.01. The van der Waals surface area contributed by atoms with Gasteiger partial charge >= 0.3 is 5.97 Å². The smallest absolute Gasteiger partial charge is 0.320 e. The van der Waals surface area contributed by atoms with Crippen molar-refractivity contribution in [1.29, 1.82) is 0 Å². The van der Waals surface area contributed by atoms with Gasteiger partial charge in [-0.25, -0.2) is 4.98 Å². The molecule has 0 aliphatic rings. The van der Waals surface area contributed by atoms with Crippen LogP contribution < -0.4 is 0 Å². The van der Waals surface area contributed by atoms with Crippen molar-refractivity contribution in [1.82, 2.24) is 14.5 Å². The van der Waals surface area contributed by atoms with Crippen molar-refractivity contribution >= 4 is 5.97 Å². The van der Waals surface area contributed by atoms with Crippen LogP contribution in [0.3, 0.4) is 0 Å².